The van der Waals surface area contributed by atoms with Crippen LogP contribution in [0.5, 0.6) is 0 Å². The molecule has 0 amide bonds. The van der Waals surface area contributed by atoms with Crippen LogP contribution in [0.25, 0.3) is 0 Å². The molecule has 0 unspecified atom stereocenters. The van der Waals surface area contributed by atoms with Gasteiger partial charge in [0, 0.05) is 44.8 Å². The molecule has 5 nitrogen and oxygen atoms in total. The van der Waals surface area contributed by atoms with Gasteiger partial charge in [-0.2, -0.15) is 0 Å². The minimum absolute atomic E-state index is 0.636. The Labute approximate surface area is 131 Å². The van der Waals surface area contributed by atoms with Crippen molar-refractivity contribution in [1.29, 1.82) is 0 Å². The summed E-state index contributed by atoms with van der Waals surface area (Å²) in [7, 11) is 2.12. The third kappa shape index (κ3) is 2.34. The number of piperazine rings is 1. The maximum absolute atomic E-state index is 4.46. The van der Waals surface area contributed by atoms with Gasteiger partial charge in [-0.3, -0.25) is 0 Å². The van der Waals surface area contributed by atoms with Crippen molar-refractivity contribution in [1.82, 2.24) is 14.8 Å². The number of anilines is 2. The maximum Gasteiger partial charge on any atom is 0.227 e. The van der Waals surface area contributed by atoms with Gasteiger partial charge in [0.25, 0.3) is 0 Å². The number of rotatable bonds is 3. The first kappa shape index (κ1) is 13.6. The Balaban J connectivity index is 1.44. The van der Waals surface area contributed by atoms with E-state index in [1.165, 1.54) is 30.8 Å². The average molecular weight is 297 g/mol. The molecule has 4 rings (SSSR count). The van der Waals surface area contributed by atoms with Gasteiger partial charge >= 0.3 is 0 Å². The van der Waals surface area contributed by atoms with Gasteiger partial charge in [0.15, 0.2) is 0 Å². The smallest absolute Gasteiger partial charge is 0.227 e. The number of benzene rings is 1. The highest BCUT2D eigenvalue weighted by Crippen LogP contribution is 2.36. The third-order valence-corrected chi connectivity index (χ3v) is 5.04. The van der Waals surface area contributed by atoms with E-state index in [2.05, 4.69) is 61.9 Å². The van der Waals surface area contributed by atoms with Crippen molar-refractivity contribution in [3.63, 3.8) is 0 Å². The second kappa shape index (κ2) is 5.63. The van der Waals surface area contributed by atoms with E-state index in [1.807, 2.05) is 0 Å². The number of para-hydroxylation sites is 1. The van der Waals surface area contributed by atoms with Crippen molar-refractivity contribution < 1.29 is 0 Å². The van der Waals surface area contributed by atoms with Crippen LogP contribution in [0.3, 0.4) is 0 Å². The van der Waals surface area contributed by atoms with Gasteiger partial charge in [-0.05, 0) is 25.0 Å². The molecule has 0 radical (unpaired) electrons. The van der Waals surface area contributed by atoms with Crippen LogP contribution >= 0.6 is 0 Å². The van der Waals surface area contributed by atoms with Crippen LogP contribution in [-0.4, -0.2) is 40.9 Å². The highest BCUT2D eigenvalue weighted by atomic mass is 15.4. The first-order valence-corrected chi connectivity index (χ1v) is 8.27. The molecule has 2 fully saturated rings. The van der Waals surface area contributed by atoms with Crippen molar-refractivity contribution in [3.8, 4) is 0 Å². The average Bonchev–Trinajstić information content (AvgIpc) is 2.89. The van der Waals surface area contributed by atoms with Crippen LogP contribution in [-0.2, 0) is 7.05 Å². The lowest BCUT2D eigenvalue weighted by Gasteiger charge is -2.36. The second-order valence-electron chi connectivity index (χ2n) is 6.35. The Bertz CT molecular complexity index is 624. The van der Waals surface area contributed by atoms with Crippen LogP contribution in [0, 0.1) is 0 Å². The van der Waals surface area contributed by atoms with E-state index in [4.69, 9.17) is 0 Å². The molecule has 1 aliphatic heterocycles. The molecule has 0 bridgehead atoms. The summed E-state index contributed by atoms with van der Waals surface area (Å²) in [6, 6.07) is 10.7. The molecule has 5 heteroatoms. The summed E-state index contributed by atoms with van der Waals surface area (Å²) in [5, 5.41) is 8.91. The molecule has 22 heavy (non-hydrogen) atoms. The molecular weight excluding hydrogens is 274 g/mol. The van der Waals surface area contributed by atoms with Crippen LogP contribution in [0.2, 0.25) is 0 Å². The number of aromatic nitrogens is 3. The van der Waals surface area contributed by atoms with Gasteiger partial charge < -0.3 is 14.4 Å². The van der Waals surface area contributed by atoms with Gasteiger partial charge in [0.2, 0.25) is 5.95 Å². The quantitative estimate of drug-likeness (QED) is 0.872. The normalized spacial score (nSPS) is 19.3. The zero-order valence-corrected chi connectivity index (χ0v) is 13.1. The Morgan fingerprint density at radius 1 is 0.909 bits per heavy atom. The fourth-order valence-electron chi connectivity index (χ4n) is 3.43. The summed E-state index contributed by atoms with van der Waals surface area (Å²) in [6.07, 6.45) is 3.88. The fourth-order valence-corrected chi connectivity index (χ4v) is 3.43. The van der Waals surface area contributed by atoms with Crippen molar-refractivity contribution in [2.24, 2.45) is 7.05 Å². The van der Waals surface area contributed by atoms with Crippen LogP contribution < -0.4 is 9.80 Å². The van der Waals surface area contributed by atoms with E-state index in [1.54, 1.807) is 0 Å². The third-order valence-electron chi connectivity index (χ3n) is 5.04. The zero-order chi connectivity index (χ0) is 14.9. The monoisotopic (exact) mass is 297 g/mol. The summed E-state index contributed by atoms with van der Waals surface area (Å²) in [4.78, 5) is 4.81. The molecule has 2 aromatic rings. The van der Waals surface area contributed by atoms with Crippen molar-refractivity contribution in [2.45, 2.75) is 25.2 Å². The lowest BCUT2D eigenvalue weighted by Crippen LogP contribution is -2.47. The van der Waals surface area contributed by atoms with Gasteiger partial charge in [-0.15, -0.1) is 10.2 Å². The molecular formula is C17H23N5. The van der Waals surface area contributed by atoms with Gasteiger partial charge in [0.1, 0.15) is 5.82 Å². The lowest BCUT2D eigenvalue weighted by atomic mass is 9.85. The first-order valence-electron chi connectivity index (χ1n) is 8.27. The molecule has 1 aliphatic carbocycles. The molecule has 1 saturated carbocycles. The fraction of sp³-hybridized carbons (Fsp3) is 0.529. The van der Waals surface area contributed by atoms with E-state index >= 15 is 0 Å². The van der Waals surface area contributed by atoms with Crippen molar-refractivity contribution in [2.75, 3.05) is 36.0 Å². The molecule has 2 aliphatic rings. The van der Waals surface area contributed by atoms with Crippen molar-refractivity contribution in [3.05, 3.63) is 36.2 Å². The van der Waals surface area contributed by atoms with Crippen LogP contribution in [0.4, 0.5) is 11.6 Å². The highest BCUT2D eigenvalue weighted by molar-refractivity contribution is 5.48. The maximum atomic E-state index is 4.46. The SMILES string of the molecule is Cn1c(C2CCC2)nnc1N1CCN(c2ccccc2)CC1. The zero-order valence-electron chi connectivity index (χ0n) is 13.1. The van der Waals surface area contributed by atoms with E-state index in [0.717, 1.165) is 32.1 Å². The van der Waals surface area contributed by atoms with E-state index < -0.39 is 0 Å². The molecule has 0 N–H and O–H groups in total. The molecule has 1 aromatic carbocycles. The summed E-state index contributed by atoms with van der Waals surface area (Å²) in [6.45, 7) is 4.09. The van der Waals surface area contributed by atoms with Gasteiger partial charge in [0.05, 0.1) is 0 Å². The molecule has 0 spiro atoms. The summed E-state index contributed by atoms with van der Waals surface area (Å²) in [5.74, 6) is 2.85. The number of hydrogen-bond acceptors (Lipinski definition) is 4. The summed E-state index contributed by atoms with van der Waals surface area (Å²) >= 11 is 0. The van der Waals surface area contributed by atoms with E-state index in [0.29, 0.717) is 5.92 Å². The topological polar surface area (TPSA) is 37.2 Å². The minimum atomic E-state index is 0.636. The second-order valence-corrected chi connectivity index (χ2v) is 6.35. The van der Waals surface area contributed by atoms with Crippen molar-refractivity contribution >= 4 is 11.6 Å². The molecule has 0 atom stereocenters. The number of hydrogen-bond donors (Lipinski definition) is 0. The molecule has 1 saturated heterocycles. The predicted octanol–water partition coefficient (Wildman–Crippen LogP) is 2.41. The first-order chi connectivity index (χ1) is 10.8. The summed E-state index contributed by atoms with van der Waals surface area (Å²) < 4.78 is 2.21. The predicted molar refractivity (Wildman–Crippen MR) is 88.5 cm³/mol. The Hall–Kier alpha value is -2.04. The standard InChI is InChI=1S/C17H23N5/c1-20-16(14-6-5-7-14)18-19-17(20)22-12-10-21(11-13-22)15-8-3-2-4-9-15/h2-4,8-9,14H,5-7,10-13H2,1H3. The lowest BCUT2D eigenvalue weighted by molar-refractivity contribution is 0.392. The van der Waals surface area contributed by atoms with Crippen LogP contribution in [0.1, 0.15) is 31.0 Å². The Kier molecular flexibility index (Phi) is 3.48. The van der Waals surface area contributed by atoms with Gasteiger partial charge in [-0.1, -0.05) is 24.6 Å². The summed E-state index contributed by atoms with van der Waals surface area (Å²) in [5.41, 5.74) is 1.32. The molecule has 2 heterocycles. The van der Waals surface area contributed by atoms with Gasteiger partial charge in [-0.25, -0.2) is 0 Å². The molecule has 116 valence electrons. The highest BCUT2D eigenvalue weighted by Gasteiger charge is 2.27. The van der Waals surface area contributed by atoms with E-state index in [-0.39, 0.29) is 0 Å². The number of nitrogens with zero attached hydrogens (tertiary/aromatic N) is 5. The van der Waals surface area contributed by atoms with E-state index in [9.17, 15) is 0 Å². The largest absolute Gasteiger partial charge is 0.368 e. The molecule has 1 aromatic heterocycles. The van der Waals surface area contributed by atoms with Crippen LogP contribution in [0.15, 0.2) is 30.3 Å². The Morgan fingerprint density at radius 2 is 1.59 bits per heavy atom. The minimum Gasteiger partial charge on any atom is -0.368 e. The Morgan fingerprint density at radius 3 is 2.23 bits per heavy atom.